The third-order valence-corrected chi connectivity index (χ3v) is 5.36. The van der Waals surface area contributed by atoms with E-state index in [0.29, 0.717) is 6.42 Å². The van der Waals surface area contributed by atoms with Crippen molar-refractivity contribution in [2.45, 2.75) is 12.0 Å². The van der Waals surface area contributed by atoms with Gasteiger partial charge < -0.3 is 5.11 Å². The van der Waals surface area contributed by atoms with Crippen LogP contribution >= 0.6 is 45.2 Å². The molecule has 1 aliphatic heterocycles. The molecule has 0 saturated carbocycles. The van der Waals surface area contributed by atoms with Gasteiger partial charge in [-0.25, -0.2) is 0 Å². The van der Waals surface area contributed by atoms with Crippen molar-refractivity contribution >= 4 is 51.4 Å². The molecule has 0 aromatic heterocycles. The number of phenols is 1. The lowest BCUT2D eigenvalue weighted by molar-refractivity contribution is 0.463. The highest BCUT2D eigenvalue weighted by atomic mass is 127. The van der Waals surface area contributed by atoms with Crippen LogP contribution in [0.4, 0.5) is 0 Å². The van der Waals surface area contributed by atoms with Gasteiger partial charge in [-0.3, -0.25) is 0 Å². The summed E-state index contributed by atoms with van der Waals surface area (Å²) in [5, 5.41) is 22.3. The Morgan fingerprint density at radius 3 is 2.48 bits per heavy atom. The summed E-state index contributed by atoms with van der Waals surface area (Å²) < 4.78 is 1.62. The third kappa shape index (κ3) is 2.83. The number of hydrogen-bond acceptors (Lipinski definition) is 4. The van der Waals surface area contributed by atoms with Crippen molar-refractivity contribution in [3.8, 4) is 5.75 Å². The number of aromatic hydroxyl groups is 1. The normalized spacial score (nSPS) is 20.1. The summed E-state index contributed by atoms with van der Waals surface area (Å²) in [6.07, 6.45) is 2.42. The number of rotatable bonds is 3. The van der Waals surface area contributed by atoms with Crippen LogP contribution in [0, 0.1) is 7.14 Å². The zero-order valence-electron chi connectivity index (χ0n) is 10.9. The maximum absolute atomic E-state index is 10.2. The van der Waals surface area contributed by atoms with E-state index in [1.54, 1.807) is 6.21 Å². The first-order valence-electron chi connectivity index (χ1n) is 6.30. The van der Waals surface area contributed by atoms with Gasteiger partial charge in [0.05, 0.1) is 13.4 Å². The lowest BCUT2D eigenvalue weighted by Crippen LogP contribution is -2.27. The second-order valence-corrected chi connectivity index (χ2v) is 7.02. The number of benzene rings is 2. The Morgan fingerprint density at radius 2 is 1.81 bits per heavy atom. The minimum absolute atomic E-state index is 0.289. The van der Waals surface area contributed by atoms with Gasteiger partial charge >= 0.3 is 0 Å². The van der Waals surface area contributed by atoms with E-state index in [2.05, 4.69) is 72.8 Å². The molecule has 0 fully saturated rings. The van der Waals surface area contributed by atoms with Crippen LogP contribution in [-0.4, -0.2) is 11.3 Å². The molecule has 0 amide bonds. The van der Waals surface area contributed by atoms with Crippen LogP contribution in [0.2, 0.25) is 0 Å². The van der Waals surface area contributed by atoms with Crippen LogP contribution in [0.25, 0.3) is 0 Å². The van der Waals surface area contributed by atoms with E-state index in [-0.39, 0.29) is 5.75 Å². The molecule has 1 N–H and O–H groups in total. The Bertz CT molecular complexity index is 717. The van der Waals surface area contributed by atoms with E-state index in [0.717, 1.165) is 18.3 Å². The lowest BCUT2D eigenvalue weighted by atomic mass is 9.85. The van der Waals surface area contributed by atoms with Gasteiger partial charge in [-0.1, -0.05) is 36.4 Å². The Morgan fingerprint density at radius 1 is 1.05 bits per heavy atom. The van der Waals surface area contributed by atoms with E-state index in [1.165, 1.54) is 0 Å². The van der Waals surface area contributed by atoms with Crippen LogP contribution < -0.4 is 0 Å². The second-order valence-electron chi connectivity index (χ2n) is 4.78. The first-order valence-corrected chi connectivity index (χ1v) is 8.46. The van der Waals surface area contributed by atoms with Crippen molar-refractivity contribution in [2.75, 3.05) is 0 Å². The molecule has 1 heterocycles. The van der Waals surface area contributed by atoms with Crippen molar-refractivity contribution in [2.24, 2.45) is 15.4 Å². The predicted octanol–water partition coefficient (Wildman–Crippen LogP) is 4.49. The highest BCUT2D eigenvalue weighted by molar-refractivity contribution is 14.1. The molecule has 0 saturated heterocycles. The minimum Gasteiger partial charge on any atom is -0.506 e. The summed E-state index contributed by atoms with van der Waals surface area (Å²) >= 11 is 4.27. The van der Waals surface area contributed by atoms with E-state index < -0.39 is 5.54 Å². The van der Waals surface area contributed by atoms with Gasteiger partial charge in [-0.2, -0.15) is 5.11 Å². The quantitative estimate of drug-likeness (QED) is 0.618. The smallest absolute Gasteiger partial charge is 0.151 e. The Hall–Kier alpha value is -1.03. The molecule has 0 spiro atoms. The van der Waals surface area contributed by atoms with Crippen molar-refractivity contribution in [1.29, 1.82) is 0 Å². The Kier molecular flexibility index (Phi) is 4.25. The molecule has 106 valence electrons. The highest BCUT2D eigenvalue weighted by Gasteiger charge is 2.36. The zero-order chi connectivity index (χ0) is 14.9. The molecule has 1 aliphatic rings. The van der Waals surface area contributed by atoms with Crippen LogP contribution in [0.5, 0.6) is 5.75 Å². The van der Waals surface area contributed by atoms with Gasteiger partial charge in [0.15, 0.2) is 5.54 Å². The van der Waals surface area contributed by atoms with Crippen LogP contribution in [-0.2, 0) is 12.0 Å². The van der Waals surface area contributed by atoms with E-state index in [1.807, 2.05) is 30.3 Å². The third-order valence-electron chi connectivity index (χ3n) is 3.40. The highest BCUT2D eigenvalue weighted by Crippen LogP contribution is 2.39. The molecule has 1 atom stereocenters. The SMILES string of the molecule is Oc1c(I)ccc(C2(Cc3ccccc3)C=NN=N2)c1I. The van der Waals surface area contributed by atoms with E-state index >= 15 is 0 Å². The second kappa shape index (κ2) is 5.99. The molecule has 2 aromatic rings. The van der Waals surface area contributed by atoms with Crippen molar-refractivity contribution in [3.63, 3.8) is 0 Å². The largest absolute Gasteiger partial charge is 0.506 e. The van der Waals surface area contributed by atoms with Gasteiger partial charge in [0.25, 0.3) is 0 Å². The van der Waals surface area contributed by atoms with Crippen LogP contribution in [0.3, 0.4) is 0 Å². The molecule has 21 heavy (non-hydrogen) atoms. The number of nitrogens with zero attached hydrogens (tertiary/aromatic N) is 3. The summed E-state index contributed by atoms with van der Waals surface area (Å²) in [7, 11) is 0. The van der Waals surface area contributed by atoms with Gasteiger partial charge in [-0.15, -0.1) is 5.10 Å². The van der Waals surface area contributed by atoms with E-state index in [9.17, 15) is 5.11 Å². The lowest BCUT2D eigenvalue weighted by Gasteiger charge is -2.24. The molecule has 1 unspecified atom stereocenters. The number of phenolic OH excluding ortho intramolecular Hbond substituents is 1. The van der Waals surface area contributed by atoms with Gasteiger partial charge in [0, 0.05) is 12.0 Å². The monoisotopic (exact) mass is 503 g/mol. The topological polar surface area (TPSA) is 57.3 Å². The first kappa shape index (κ1) is 14.9. The average molecular weight is 503 g/mol. The Balaban J connectivity index is 2.09. The molecular formula is C15H11I2N3O. The predicted molar refractivity (Wildman–Crippen MR) is 98.7 cm³/mol. The molecule has 2 aromatic carbocycles. The summed E-state index contributed by atoms with van der Waals surface area (Å²) in [4.78, 5) is 0. The summed E-state index contributed by atoms with van der Waals surface area (Å²) in [6.45, 7) is 0. The van der Waals surface area contributed by atoms with Crippen LogP contribution in [0.15, 0.2) is 57.9 Å². The van der Waals surface area contributed by atoms with Gasteiger partial charge in [-0.05, 0) is 62.0 Å². The van der Waals surface area contributed by atoms with Crippen molar-refractivity contribution in [1.82, 2.24) is 0 Å². The average Bonchev–Trinajstić information content (AvgIpc) is 2.95. The maximum Gasteiger partial charge on any atom is 0.151 e. The standard InChI is InChI=1S/C15H11I2N3O/c16-12-7-6-11(13(17)14(12)21)15(9-18-20-19-15)8-10-4-2-1-3-5-10/h1-7,9,21H,8H2. The number of halogens is 2. The molecule has 6 heteroatoms. The molecule has 0 bridgehead atoms. The molecule has 4 nitrogen and oxygen atoms in total. The maximum atomic E-state index is 10.2. The van der Waals surface area contributed by atoms with E-state index in [4.69, 9.17) is 0 Å². The summed E-state index contributed by atoms with van der Waals surface area (Å²) in [5.74, 6) is 0.289. The summed E-state index contributed by atoms with van der Waals surface area (Å²) in [5.41, 5.74) is 1.44. The molecule has 0 radical (unpaired) electrons. The molecular weight excluding hydrogens is 492 g/mol. The fourth-order valence-electron chi connectivity index (χ4n) is 2.33. The van der Waals surface area contributed by atoms with Crippen LogP contribution in [0.1, 0.15) is 11.1 Å². The summed E-state index contributed by atoms with van der Waals surface area (Å²) in [6, 6.07) is 14.0. The molecule has 3 rings (SSSR count). The minimum atomic E-state index is -0.639. The fourth-order valence-corrected chi connectivity index (χ4v) is 4.24. The molecule has 0 aliphatic carbocycles. The Labute approximate surface area is 149 Å². The van der Waals surface area contributed by atoms with Gasteiger partial charge in [0.2, 0.25) is 0 Å². The number of hydrogen-bond donors (Lipinski definition) is 1. The fraction of sp³-hybridized carbons (Fsp3) is 0.133. The van der Waals surface area contributed by atoms with Crippen molar-refractivity contribution < 1.29 is 5.11 Å². The van der Waals surface area contributed by atoms with Gasteiger partial charge in [0.1, 0.15) is 5.75 Å². The zero-order valence-corrected chi connectivity index (χ0v) is 15.2. The first-order chi connectivity index (χ1) is 10.1. The van der Waals surface area contributed by atoms with Crippen molar-refractivity contribution in [3.05, 3.63) is 60.7 Å².